The molecular formula is C15H21N3O4S2. The molecule has 1 amide bonds. The van der Waals surface area contributed by atoms with Gasteiger partial charge in [0.05, 0.1) is 34.9 Å². The Morgan fingerprint density at radius 3 is 2.79 bits per heavy atom. The minimum atomic E-state index is -3.15. The predicted molar refractivity (Wildman–Crippen MR) is 91.6 cm³/mol. The van der Waals surface area contributed by atoms with Gasteiger partial charge in [-0.25, -0.2) is 13.4 Å². The van der Waals surface area contributed by atoms with E-state index in [1.165, 1.54) is 11.8 Å². The molecule has 24 heavy (non-hydrogen) atoms. The third kappa shape index (κ3) is 3.90. The molecule has 1 N–H and O–H groups in total. The van der Waals surface area contributed by atoms with Crippen molar-refractivity contribution in [1.29, 1.82) is 0 Å². The van der Waals surface area contributed by atoms with Gasteiger partial charge in [-0.1, -0.05) is 17.8 Å². The van der Waals surface area contributed by atoms with E-state index in [9.17, 15) is 18.3 Å². The van der Waals surface area contributed by atoms with E-state index in [1.54, 1.807) is 11.1 Å². The summed E-state index contributed by atoms with van der Waals surface area (Å²) in [6.45, 7) is 1.53. The van der Waals surface area contributed by atoms with Gasteiger partial charge >= 0.3 is 0 Å². The van der Waals surface area contributed by atoms with Crippen molar-refractivity contribution < 1.29 is 18.3 Å². The smallest absolute Gasteiger partial charge is 0.233 e. The standard InChI is InChI=1S/C15H21N3O4S2/c19-8-7-17-5-6-18(13-11-24(21,22)10-12(13)17)15(20)9-23-14-3-1-2-4-16-14/h1-4,12-13,19H,5-11H2/t12-,13+/m1/s1. The molecule has 2 aliphatic rings. The number of aliphatic hydroxyl groups is 1. The highest BCUT2D eigenvalue weighted by Crippen LogP contribution is 2.27. The molecule has 0 spiro atoms. The van der Waals surface area contributed by atoms with Crippen molar-refractivity contribution in [3.63, 3.8) is 0 Å². The number of carbonyl (C=O) groups is 1. The predicted octanol–water partition coefficient (Wildman–Crippen LogP) is -0.524. The van der Waals surface area contributed by atoms with Crippen LogP contribution < -0.4 is 0 Å². The molecule has 0 saturated carbocycles. The number of aromatic nitrogens is 1. The lowest BCUT2D eigenvalue weighted by Gasteiger charge is -2.43. The summed E-state index contributed by atoms with van der Waals surface area (Å²) in [4.78, 5) is 20.5. The summed E-state index contributed by atoms with van der Waals surface area (Å²) in [6, 6.07) is 5.01. The highest BCUT2D eigenvalue weighted by atomic mass is 32.2. The lowest BCUT2D eigenvalue weighted by molar-refractivity contribution is -0.134. The van der Waals surface area contributed by atoms with Crippen molar-refractivity contribution in [1.82, 2.24) is 14.8 Å². The summed E-state index contributed by atoms with van der Waals surface area (Å²) < 4.78 is 24.1. The summed E-state index contributed by atoms with van der Waals surface area (Å²) in [5.41, 5.74) is 0. The van der Waals surface area contributed by atoms with E-state index in [-0.39, 0.29) is 41.9 Å². The van der Waals surface area contributed by atoms with Crippen molar-refractivity contribution in [2.75, 3.05) is 43.5 Å². The molecule has 9 heteroatoms. The van der Waals surface area contributed by atoms with E-state index >= 15 is 0 Å². The van der Waals surface area contributed by atoms with Crippen LogP contribution in [0.25, 0.3) is 0 Å². The van der Waals surface area contributed by atoms with Gasteiger partial charge in [0.1, 0.15) is 0 Å². The third-order valence-corrected chi connectivity index (χ3v) is 7.11. The summed E-state index contributed by atoms with van der Waals surface area (Å²) in [7, 11) is -3.15. The van der Waals surface area contributed by atoms with Crippen LogP contribution in [-0.4, -0.2) is 89.8 Å². The fourth-order valence-electron chi connectivity index (χ4n) is 3.39. The molecule has 2 fully saturated rings. The molecule has 2 aliphatic heterocycles. The van der Waals surface area contributed by atoms with Gasteiger partial charge in [0, 0.05) is 31.9 Å². The molecule has 0 bridgehead atoms. The fraction of sp³-hybridized carbons (Fsp3) is 0.600. The number of rotatable bonds is 5. The number of hydrogen-bond donors (Lipinski definition) is 1. The maximum atomic E-state index is 12.6. The highest BCUT2D eigenvalue weighted by molar-refractivity contribution is 7.99. The van der Waals surface area contributed by atoms with Gasteiger partial charge in [-0.2, -0.15) is 0 Å². The Labute approximate surface area is 146 Å². The molecule has 3 rings (SSSR count). The molecule has 0 radical (unpaired) electrons. The number of hydrogen-bond acceptors (Lipinski definition) is 7. The van der Waals surface area contributed by atoms with E-state index < -0.39 is 9.84 Å². The largest absolute Gasteiger partial charge is 0.395 e. The van der Waals surface area contributed by atoms with Crippen molar-refractivity contribution in [3.8, 4) is 0 Å². The van der Waals surface area contributed by atoms with E-state index in [0.717, 1.165) is 5.03 Å². The lowest BCUT2D eigenvalue weighted by Crippen LogP contribution is -2.61. The fourth-order valence-corrected chi connectivity index (χ4v) is 6.15. The number of β-amino-alcohol motifs (C(OH)–C–C–N with tert-alkyl or cyclic N) is 1. The Balaban J connectivity index is 1.68. The van der Waals surface area contributed by atoms with Gasteiger partial charge in [-0.05, 0) is 12.1 Å². The molecule has 1 aromatic heterocycles. The molecule has 0 aliphatic carbocycles. The SMILES string of the molecule is O=C(CSc1ccccn1)N1CCN(CCO)[C@@H]2CS(=O)(=O)C[C@@H]21. The van der Waals surface area contributed by atoms with Gasteiger partial charge in [-0.3, -0.25) is 9.69 Å². The van der Waals surface area contributed by atoms with E-state index in [0.29, 0.717) is 19.6 Å². The average molecular weight is 371 g/mol. The van der Waals surface area contributed by atoms with Crippen LogP contribution in [0.5, 0.6) is 0 Å². The van der Waals surface area contributed by atoms with Crippen LogP contribution in [0.15, 0.2) is 29.4 Å². The second kappa shape index (κ2) is 7.38. The van der Waals surface area contributed by atoms with Crippen molar-refractivity contribution in [3.05, 3.63) is 24.4 Å². The van der Waals surface area contributed by atoms with E-state index in [2.05, 4.69) is 4.98 Å². The van der Waals surface area contributed by atoms with Gasteiger partial charge in [0.15, 0.2) is 9.84 Å². The zero-order chi connectivity index (χ0) is 17.2. The quantitative estimate of drug-likeness (QED) is 0.696. The normalized spacial score (nSPS) is 26.3. The average Bonchev–Trinajstić information content (AvgIpc) is 2.89. The number of piperazine rings is 1. The minimum absolute atomic E-state index is 0.00720. The van der Waals surface area contributed by atoms with Gasteiger partial charge in [0.25, 0.3) is 0 Å². The number of amides is 1. The first-order chi connectivity index (χ1) is 11.5. The topological polar surface area (TPSA) is 90.8 Å². The van der Waals surface area contributed by atoms with E-state index in [1.807, 2.05) is 23.1 Å². The maximum Gasteiger partial charge on any atom is 0.233 e. The van der Waals surface area contributed by atoms with E-state index in [4.69, 9.17) is 0 Å². The monoisotopic (exact) mass is 371 g/mol. The number of fused-ring (bicyclic) bond motifs is 1. The highest BCUT2D eigenvalue weighted by Gasteiger charge is 2.47. The molecule has 0 aromatic carbocycles. The first kappa shape index (κ1) is 17.7. The van der Waals surface area contributed by atoms with Crippen molar-refractivity contribution in [2.24, 2.45) is 0 Å². The lowest BCUT2D eigenvalue weighted by atomic mass is 10.0. The molecule has 1 aromatic rings. The van der Waals surface area contributed by atoms with Gasteiger partial charge in [0.2, 0.25) is 5.91 Å². The van der Waals surface area contributed by atoms with Crippen LogP contribution in [0.1, 0.15) is 0 Å². The van der Waals surface area contributed by atoms with Crippen LogP contribution >= 0.6 is 11.8 Å². The molecule has 2 atom stereocenters. The molecule has 2 saturated heterocycles. The minimum Gasteiger partial charge on any atom is -0.395 e. The Bertz CT molecular complexity index is 683. The second-order valence-corrected chi connectivity index (χ2v) is 9.16. The molecule has 7 nitrogen and oxygen atoms in total. The summed E-state index contributed by atoms with van der Waals surface area (Å²) in [6.07, 6.45) is 1.68. The van der Waals surface area contributed by atoms with Crippen molar-refractivity contribution >= 4 is 27.5 Å². The van der Waals surface area contributed by atoms with Crippen molar-refractivity contribution in [2.45, 2.75) is 17.1 Å². The Kier molecular flexibility index (Phi) is 5.43. The van der Waals surface area contributed by atoms with Crippen LogP contribution in [0, 0.1) is 0 Å². The summed E-state index contributed by atoms with van der Waals surface area (Å²) >= 11 is 1.36. The molecular weight excluding hydrogens is 350 g/mol. The number of thioether (sulfide) groups is 1. The first-order valence-corrected chi connectivity index (χ1v) is 10.7. The summed E-state index contributed by atoms with van der Waals surface area (Å²) in [5.74, 6) is 0.274. The molecule has 132 valence electrons. The molecule has 3 heterocycles. The summed E-state index contributed by atoms with van der Waals surface area (Å²) in [5, 5.41) is 9.95. The van der Waals surface area contributed by atoms with Gasteiger partial charge in [-0.15, -0.1) is 0 Å². The Morgan fingerprint density at radius 2 is 2.08 bits per heavy atom. The zero-order valence-corrected chi connectivity index (χ0v) is 14.9. The Hall–Kier alpha value is -1.16. The number of pyridine rings is 1. The third-order valence-electron chi connectivity index (χ3n) is 4.48. The van der Waals surface area contributed by atoms with Crippen LogP contribution in [0.3, 0.4) is 0 Å². The number of nitrogens with zero attached hydrogens (tertiary/aromatic N) is 3. The Morgan fingerprint density at radius 1 is 1.29 bits per heavy atom. The van der Waals surface area contributed by atoms with Crippen LogP contribution in [-0.2, 0) is 14.6 Å². The zero-order valence-electron chi connectivity index (χ0n) is 13.2. The van der Waals surface area contributed by atoms with Crippen LogP contribution in [0.2, 0.25) is 0 Å². The number of carbonyl (C=O) groups excluding carboxylic acids is 1. The first-order valence-electron chi connectivity index (χ1n) is 7.89. The molecule has 0 unspecified atom stereocenters. The second-order valence-electron chi connectivity index (χ2n) is 6.01. The van der Waals surface area contributed by atoms with Gasteiger partial charge < -0.3 is 10.0 Å². The maximum absolute atomic E-state index is 12.6. The number of aliphatic hydroxyl groups excluding tert-OH is 1. The van der Waals surface area contributed by atoms with Crippen LogP contribution in [0.4, 0.5) is 0 Å². The number of sulfone groups is 1.